The Hall–Kier alpha value is -3.35. The fourth-order valence-corrected chi connectivity index (χ4v) is 5.61. The summed E-state index contributed by atoms with van der Waals surface area (Å²) in [6.07, 6.45) is 1.62. The molecule has 3 aliphatic rings. The van der Waals surface area contributed by atoms with Crippen molar-refractivity contribution in [2.45, 2.75) is 38.1 Å². The van der Waals surface area contributed by atoms with Crippen LogP contribution < -0.4 is 5.32 Å². The highest BCUT2D eigenvalue weighted by molar-refractivity contribution is 5.81. The smallest absolute Gasteiger partial charge is 0.407 e. The topological polar surface area (TPSA) is 95.9 Å². The van der Waals surface area contributed by atoms with Crippen molar-refractivity contribution in [1.29, 1.82) is 0 Å². The molecule has 7 nitrogen and oxygen atoms in total. The maximum absolute atomic E-state index is 12.8. The van der Waals surface area contributed by atoms with Gasteiger partial charge in [0, 0.05) is 36.9 Å². The van der Waals surface area contributed by atoms with Gasteiger partial charge in [-0.25, -0.2) is 4.79 Å². The Morgan fingerprint density at radius 2 is 1.65 bits per heavy atom. The van der Waals surface area contributed by atoms with E-state index < -0.39 is 18.0 Å². The third kappa shape index (κ3) is 4.15. The van der Waals surface area contributed by atoms with Gasteiger partial charge in [-0.1, -0.05) is 55.5 Å². The van der Waals surface area contributed by atoms with E-state index in [0.29, 0.717) is 19.5 Å². The molecule has 1 heterocycles. The Bertz CT molecular complexity index is 1060. The van der Waals surface area contributed by atoms with Crippen LogP contribution in [0.4, 0.5) is 4.79 Å². The molecule has 2 N–H and O–H groups in total. The van der Waals surface area contributed by atoms with Crippen LogP contribution in [0.15, 0.2) is 48.5 Å². The highest BCUT2D eigenvalue weighted by atomic mass is 16.5. The number of hydrogen-bond donors (Lipinski definition) is 2. The highest BCUT2D eigenvalue weighted by Gasteiger charge is 2.41. The van der Waals surface area contributed by atoms with Crippen molar-refractivity contribution < 1.29 is 24.2 Å². The molecule has 1 saturated carbocycles. The van der Waals surface area contributed by atoms with Crippen molar-refractivity contribution in [1.82, 2.24) is 10.2 Å². The third-order valence-electron chi connectivity index (χ3n) is 7.77. The predicted molar refractivity (Wildman–Crippen MR) is 126 cm³/mol. The minimum absolute atomic E-state index is 0.0172. The molecule has 2 fully saturated rings. The lowest BCUT2D eigenvalue weighted by molar-refractivity contribution is -0.152. The van der Waals surface area contributed by atoms with E-state index in [1.165, 1.54) is 22.3 Å². The van der Waals surface area contributed by atoms with Crippen LogP contribution in [0.3, 0.4) is 0 Å². The van der Waals surface area contributed by atoms with E-state index in [1.54, 1.807) is 11.8 Å². The Labute approximate surface area is 199 Å². The zero-order valence-corrected chi connectivity index (χ0v) is 19.3. The average molecular weight is 463 g/mol. The number of rotatable bonds is 6. The zero-order valence-electron chi connectivity index (χ0n) is 19.3. The second-order valence-corrected chi connectivity index (χ2v) is 9.81. The summed E-state index contributed by atoms with van der Waals surface area (Å²) < 4.78 is 5.64. The quantitative estimate of drug-likeness (QED) is 0.679. The molecule has 2 amide bonds. The fourth-order valence-electron chi connectivity index (χ4n) is 5.61. The number of likely N-dealkylation sites (tertiary alicyclic amines) is 1. The van der Waals surface area contributed by atoms with E-state index in [9.17, 15) is 14.4 Å². The van der Waals surface area contributed by atoms with Gasteiger partial charge in [-0.05, 0) is 41.5 Å². The van der Waals surface area contributed by atoms with Gasteiger partial charge in [-0.15, -0.1) is 0 Å². The first kappa shape index (κ1) is 22.4. The van der Waals surface area contributed by atoms with Gasteiger partial charge in [0.1, 0.15) is 6.61 Å². The van der Waals surface area contributed by atoms with Crippen molar-refractivity contribution in [2.24, 2.45) is 17.8 Å². The van der Waals surface area contributed by atoms with Crippen molar-refractivity contribution in [3.05, 3.63) is 59.7 Å². The number of nitrogens with one attached hydrogen (secondary N) is 1. The zero-order chi connectivity index (χ0) is 23.8. The summed E-state index contributed by atoms with van der Waals surface area (Å²) in [5.74, 6) is -1.26. The number of carboxylic acids is 1. The Morgan fingerprint density at radius 1 is 1.03 bits per heavy atom. The van der Waals surface area contributed by atoms with E-state index in [-0.39, 0.29) is 36.3 Å². The summed E-state index contributed by atoms with van der Waals surface area (Å²) >= 11 is 0. The summed E-state index contributed by atoms with van der Waals surface area (Å²) in [5, 5.41) is 12.1. The number of alkyl carbamates (subject to hydrolysis) is 1. The Kier molecular flexibility index (Phi) is 6.02. The first-order chi connectivity index (χ1) is 16.4. The molecule has 5 rings (SSSR count). The molecule has 1 aliphatic heterocycles. The molecule has 2 aromatic rings. The minimum atomic E-state index is -0.815. The lowest BCUT2D eigenvalue weighted by Crippen LogP contribution is -2.55. The lowest BCUT2D eigenvalue weighted by atomic mass is 9.86. The molecule has 1 saturated heterocycles. The molecular formula is C27H30N2O5. The molecule has 0 spiro atoms. The number of carbonyl (C=O) groups excluding carboxylic acids is 2. The number of benzene rings is 2. The van der Waals surface area contributed by atoms with Crippen LogP contribution in [0.25, 0.3) is 11.1 Å². The molecule has 2 aromatic carbocycles. The molecule has 0 aromatic heterocycles. The molecule has 34 heavy (non-hydrogen) atoms. The number of ether oxygens (including phenoxy) is 1. The van der Waals surface area contributed by atoms with Gasteiger partial charge in [-0.2, -0.15) is 0 Å². The van der Waals surface area contributed by atoms with Crippen molar-refractivity contribution in [3.63, 3.8) is 0 Å². The van der Waals surface area contributed by atoms with Crippen LogP contribution >= 0.6 is 0 Å². The second-order valence-electron chi connectivity index (χ2n) is 9.81. The van der Waals surface area contributed by atoms with Crippen LogP contribution in [0.5, 0.6) is 0 Å². The number of carbonyl (C=O) groups is 3. The van der Waals surface area contributed by atoms with Crippen LogP contribution in [-0.2, 0) is 14.3 Å². The molecule has 0 radical (unpaired) electrons. The predicted octanol–water partition coefficient (Wildman–Crippen LogP) is 3.87. The summed E-state index contributed by atoms with van der Waals surface area (Å²) in [7, 11) is 0. The second kappa shape index (κ2) is 9.12. The van der Waals surface area contributed by atoms with Crippen molar-refractivity contribution in [3.8, 4) is 11.1 Å². The Balaban J connectivity index is 1.11. The van der Waals surface area contributed by atoms with Crippen LogP contribution in [0.1, 0.15) is 43.2 Å². The van der Waals surface area contributed by atoms with Gasteiger partial charge in [0.15, 0.2) is 0 Å². The first-order valence-electron chi connectivity index (χ1n) is 12.1. The molecule has 178 valence electrons. The van der Waals surface area contributed by atoms with Gasteiger partial charge >= 0.3 is 12.1 Å². The Morgan fingerprint density at radius 3 is 2.26 bits per heavy atom. The summed E-state index contributed by atoms with van der Waals surface area (Å²) in [5.41, 5.74) is 4.73. The summed E-state index contributed by atoms with van der Waals surface area (Å²) in [6.45, 7) is 2.98. The van der Waals surface area contributed by atoms with Crippen molar-refractivity contribution in [2.75, 3.05) is 19.7 Å². The maximum Gasteiger partial charge on any atom is 0.407 e. The van der Waals surface area contributed by atoms with Gasteiger partial charge < -0.3 is 20.1 Å². The van der Waals surface area contributed by atoms with Gasteiger partial charge in [0.2, 0.25) is 5.91 Å². The summed E-state index contributed by atoms with van der Waals surface area (Å²) in [4.78, 5) is 38.2. The average Bonchev–Trinajstić information content (AvgIpc) is 3.39. The molecule has 3 atom stereocenters. The van der Waals surface area contributed by atoms with E-state index in [2.05, 4.69) is 29.6 Å². The lowest BCUT2D eigenvalue weighted by Gasteiger charge is -2.42. The minimum Gasteiger partial charge on any atom is -0.481 e. The maximum atomic E-state index is 12.8. The number of fused-ring (bicyclic) bond motifs is 3. The molecule has 0 bridgehead atoms. The normalized spacial score (nSPS) is 22.4. The number of carboxylic acid groups (broad SMARTS) is 1. The molecular weight excluding hydrogens is 432 g/mol. The standard InChI is InChI=1S/C27H30N2O5/c1-16(26(31)32)18-13-29(14-18)25(30)17-10-11-19(12-17)28-27(33)34-15-24-22-8-4-2-6-20(22)21-7-3-5-9-23(21)24/h2-9,16-19,24H,10-15H2,1H3,(H,28,33)(H,31,32)/t16?,17-,19+/m1/s1. The van der Waals surface area contributed by atoms with Crippen molar-refractivity contribution >= 4 is 18.0 Å². The van der Waals surface area contributed by atoms with E-state index in [1.807, 2.05) is 24.3 Å². The highest BCUT2D eigenvalue weighted by Crippen LogP contribution is 2.44. The van der Waals surface area contributed by atoms with Crippen LogP contribution in [-0.4, -0.2) is 53.7 Å². The SMILES string of the molecule is CC(C(=O)O)C1CN(C(=O)[C@@H]2CC[C@H](NC(=O)OCC3c4ccccc4-c4ccccc43)C2)C1. The van der Waals surface area contributed by atoms with E-state index >= 15 is 0 Å². The fraction of sp³-hybridized carbons (Fsp3) is 0.444. The first-order valence-corrected chi connectivity index (χ1v) is 12.1. The van der Waals surface area contributed by atoms with E-state index in [0.717, 1.165) is 12.8 Å². The van der Waals surface area contributed by atoms with Crippen LogP contribution in [0, 0.1) is 17.8 Å². The van der Waals surface area contributed by atoms with Gasteiger partial charge in [-0.3, -0.25) is 9.59 Å². The molecule has 2 aliphatic carbocycles. The molecule has 1 unspecified atom stereocenters. The van der Waals surface area contributed by atoms with E-state index in [4.69, 9.17) is 9.84 Å². The number of amides is 2. The molecule has 7 heteroatoms. The number of hydrogen-bond acceptors (Lipinski definition) is 4. The summed E-state index contributed by atoms with van der Waals surface area (Å²) in [6, 6.07) is 16.4. The monoisotopic (exact) mass is 462 g/mol. The largest absolute Gasteiger partial charge is 0.481 e. The van der Waals surface area contributed by atoms with Gasteiger partial charge in [0.05, 0.1) is 5.92 Å². The third-order valence-corrected chi connectivity index (χ3v) is 7.77. The van der Waals surface area contributed by atoms with Crippen LogP contribution in [0.2, 0.25) is 0 Å². The number of aliphatic carboxylic acids is 1. The number of nitrogens with zero attached hydrogens (tertiary/aromatic N) is 1. The van der Waals surface area contributed by atoms with Gasteiger partial charge in [0.25, 0.3) is 0 Å².